The Morgan fingerprint density at radius 3 is 2.75 bits per heavy atom. The molecule has 1 aliphatic rings. The summed E-state index contributed by atoms with van der Waals surface area (Å²) in [6.07, 6.45) is 1.87. The van der Waals surface area contributed by atoms with Crippen LogP contribution in [0, 0.1) is 0 Å². The number of nitrogens with zero attached hydrogens (tertiary/aromatic N) is 3. The van der Waals surface area contributed by atoms with Crippen LogP contribution in [0.3, 0.4) is 0 Å². The van der Waals surface area contributed by atoms with Crippen molar-refractivity contribution >= 4 is 38.7 Å². The standard InChI is InChI=1S/C14H14BrN3OS/c15-12-3-1-11(2-4-12)13-9-20-14(17-13)16-10-18-5-7-19-8-6-18/h1-4,9-10H,5-8H2/b16-10+. The predicted molar refractivity (Wildman–Crippen MR) is 85.8 cm³/mol. The summed E-state index contributed by atoms with van der Waals surface area (Å²) in [6.45, 7) is 3.34. The van der Waals surface area contributed by atoms with E-state index in [1.165, 1.54) is 0 Å². The highest BCUT2D eigenvalue weighted by Gasteiger charge is 2.07. The summed E-state index contributed by atoms with van der Waals surface area (Å²) in [4.78, 5) is 11.1. The van der Waals surface area contributed by atoms with Crippen LogP contribution in [-0.2, 0) is 4.74 Å². The zero-order valence-electron chi connectivity index (χ0n) is 10.8. The van der Waals surface area contributed by atoms with E-state index in [-0.39, 0.29) is 0 Å². The molecule has 1 aromatic heterocycles. The molecular formula is C14H14BrN3OS. The molecule has 0 amide bonds. The Balaban J connectivity index is 1.70. The average molecular weight is 352 g/mol. The fraction of sp³-hybridized carbons (Fsp3) is 0.286. The Labute approximate surface area is 130 Å². The monoisotopic (exact) mass is 351 g/mol. The van der Waals surface area contributed by atoms with Crippen LogP contribution in [0.1, 0.15) is 0 Å². The predicted octanol–water partition coefficient (Wildman–Crippen LogP) is 3.56. The molecule has 1 aromatic carbocycles. The van der Waals surface area contributed by atoms with Crippen molar-refractivity contribution in [2.75, 3.05) is 26.3 Å². The van der Waals surface area contributed by atoms with Crippen LogP contribution >= 0.6 is 27.3 Å². The molecule has 0 atom stereocenters. The fourth-order valence-electron chi connectivity index (χ4n) is 1.90. The minimum Gasteiger partial charge on any atom is -0.378 e. The molecule has 4 nitrogen and oxygen atoms in total. The molecule has 2 heterocycles. The Kier molecular flexibility index (Phi) is 4.44. The van der Waals surface area contributed by atoms with E-state index in [0.29, 0.717) is 0 Å². The number of hydrogen-bond donors (Lipinski definition) is 0. The van der Waals surface area contributed by atoms with Crippen molar-refractivity contribution in [1.29, 1.82) is 0 Å². The summed E-state index contributed by atoms with van der Waals surface area (Å²) in [5.41, 5.74) is 2.08. The van der Waals surface area contributed by atoms with Gasteiger partial charge in [-0.05, 0) is 12.1 Å². The van der Waals surface area contributed by atoms with Gasteiger partial charge in [0.15, 0.2) is 0 Å². The lowest BCUT2D eigenvalue weighted by atomic mass is 10.2. The topological polar surface area (TPSA) is 37.7 Å². The van der Waals surface area contributed by atoms with Crippen LogP contribution in [0.4, 0.5) is 5.13 Å². The molecule has 0 bridgehead atoms. The van der Waals surface area contributed by atoms with Crippen molar-refractivity contribution in [2.45, 2.75) is 0 Å². The van der Waals surface area contributed by atoms with Crippen LogP contribution in [0.5, 0.6) is 0 Å². The third-order valence-corrected chi connectivity index (χ3v) is 4.29. The number of rotatable bonds is 3. The van der Waals surface area contributed by atoms with Crippen LogP contribution in [0.25, 0.3) is 11.3 Å². The second kappa shape index (κ2) is 6.47. The number of halogens is 1. The van der Waals surface area contributed by atoms with Crippen LogP contribution in [0.2, 0.25) is 0 Å². The van der Waals surface area contributed by atoms with Gasteiger partial charge in [-0.15, -0.1) is 11.3 Å². The van der Waals surface area contributed by atoms with E-state index in [1.54, 1.807) is 11.3 Å². The van der Waals surface area contributed by atoms with Gasteiger partial charge in [-0.1, -0.05) is 28.1 Å². The molecule has 1 fully saturated rings. The molecule has 0 N–H and O–H groups in total. The first-order valence-corrected chi connectivity index (χ1v) is 8.06. The Morgan fingerprint density at radius 2 is 2.00 bits per heavy atom. The normalized spacial score (nSPS) is 15.9. The zero-order valence-corrected chi connectivity index (χ0v) is 13.2. The zero-order chi connectivity index (χ0) is 13.8. The number of benzene rings is 1. The van der Waals surface area contributed by atoms with E-state index >= 15 is 0 Å². The quantitative estimate of drug-likeness (QED) is 0.626. The highest BCUT2D eigenvalue weighted by atomic mass is 79.9. The summed E-state index contributed by atoms with van der Waals surface area (Å²) in [7, 11) is 0. The summed E-state index contributed by atoms with van der Waals surface area (Å²) in [5, 5.41) is 2.82. The Morgan fingerprint density at radius 1 is 1.25 bits per heavy atom. The van der Waals surface area contributed by atoms with Gasteiger partial charge in [0.25, 0.3) is 0 Å². The van der Waals surface area contributed by atoms with Crippen molar-refractivity contribution < 1.29 is 4.74 Å². The van der Waals surface area contributed by atoms with E-state index in [9.17, 15) is 0 Å². The summed E-state index contributed by atoms with van der Waals surface area (Å²) in [6, 6.07) is 8.14. The number of hydrogen-bond acceptors (Lipinski definition) is 4. The van der Waals surface area contributed by atoms with Gasteiger partial charge in [-0.25, -0.2) is 9.98 Å². The third kappa shape index (κ3) is 3.45. The van der Waals surface area contributed by atoms with E-state index < -0.39 is 0 Å². The average Bonchev–Trinajstić information content (AvgIpc) is 2.96. The highest BCUT2D eigenvalue weighted by Crippen LogP contribution is 2.27. The minimum absolute atomic E-state index is 0.772. The summed E-state index contributed by atoms with van der Waals surface area (Å²) >= 11 is 4.99. The second-order valence-electron chi connectivity index (χ2n) is 4.42. The molecule has 6 heteroatoms. The van der Waals surface area contributed by atoms with Gasteiger partial charge < -0.3 is 9.64 Å². The molecule has 0 radical (unpaired) electrons. The first kappa shape index (κ1) is 13.7. The maximum absolute atomic E-state index is 5.30. The highest BCUT2D eigenvalue weighted by molar-refractivity contribution is 9.10. The first-order valence-electron chi connectivity index (χ1n) is 6.39. The number of aliphatic imine (C=N–C) groups is 1. The molecule has 104 valence electrons. The number of morpholine rings is 1. The summed E-state index contributed by atoms with van der Waals surface area (Å²) < 4.78 is 6.37. The van der Waals surface area contributed by atoms with Crippen molar-refractivity contribution in [1.82, 2.24) is 9.88 Å². The Hall–Kier alpha value is -1.24. The molecule has 0 unspecified atom stereocenters. The maximum Gasteiger partial charge on any atom is 0.211 e. The van der Waals surface area contributed by atoms with Crippen molar-refractivity contribution in [3.05, 3.63) is 34.1 Å². The van der Waals surface area contributed by atoms with E-state index in [4.69, 9.17) is 4.74 Å². The largest absolute Gasteiger partial charge is 0.378 e. The summed E-state index contributed by atoms with van der Waals surface area (Å²) in [5.74, 6) is 0. The number of ether oxygens (including phenoxy) is 1. The molecule has 0 saturated carbocycles. The first-order chi connectivity index (χ1) is 9.81. The minimum atomic E-state index is 0.772. The van der Waals surface area contributed by atoms with Crippen LogP contribution in [-0.4, -0.2) is 42.5 Å². The Bertz CT molecular complexity index is 591. The lowest BCUT2D eigenvalue weighted by molar-refractivity contribution is 0.0701. The van der Waals surface area contributed by atoms with Crippen molar-refractivity contribution in [2.24, 2.45) is 4.99 Å². The van der Waals surface area contributed by atoms with Gasteiger partial charge >= 0.3 is 0 Å². The lowest BCUT2D eigenvalue weighted by Crippen LogP contribution is -2.34. The lowest BCUT2D eigenvalue weighted by Gasteiger charge is -2.23. The maximum atomic E-state index is 5.30. The molecule has 20 heavy (non-hydrogen) atoms. The second-order valence-corrected chi connectivity index (χ2v) is 6.17. The van der Waals surface area contributed by atoms with Crippen molar-refractivity contribution in [3.8, 4) is 11.3 Å². The fourth-order valence-corrected chi connectivity index (χ4v) is 2.83. The number of aromatic nitrogens is 1. The molecule has 3 rings (SSSR count). The van der Waals surface area contributed by atoms with Crippen molar-refractivity contribution in [3.63, 3.8) is 0 Å². The SMILES string of the molecule is Brc1ccc(-c2csc(/N=C/N3CCOCC3)n2)cc1. The molecular weight excluding hydrogens is 338 g/mol. The molecule has 0 aliphatic carbocycles. The van der Waals surface area contributed by atoms with Gasteiger partial charge in [-0.3, -0.25) is 0 Å². The van der Waals surface area contributed by atoms with E-state index in [0.717, 1.165) is 47.2 Å². The smallest absolute Gasteiger partial charge is 0.211 e. The van der Waals surface area contributed by atoms with Gasteiger partial charge in [0.05, 0.1) is 25.2 Å². The van der Waals surface area contributed by atoms with Crippen LogP contribution < -0.4 is 0 Å². The molecule has 1 aliphatic heterocycles. The molecule has 0 spiro atoms. The molecule has 1 saturated heterocycles. The van der Waals surface area contributed by atoms with E-state index in [1.807, 2.05) is 23.9 Å². The van der Waals surface area contributed by atoms with Crippen LogP contribution in [0.15, 0.2) is 39.1 Å². The van der Waals surface area contributed by atoms with E-state index in [2.05, 4.69) is 42.9 Å². The van der Waals surface area contributed by atoms with Gasteiger partial charge in [0.1, 0.15) is 0 Å². The third-order valence-electron chi connectivity index (χ3n) is 3.01. The number of thiazole rings is 1. The van der Waals surface area contributed by atoms with Gasteiger partial charge in [-0.2, -0.15) is 0 Å². The van der Waals surface area contributed by atoms with Gasteiger partial charge in [0.2, 0.25) is 5.13 Å². The van der Waals surface area contributed by atoms with Gasteiger partial charge in [0, 0.05) is 28.5 Å². The molecule has 2 aromatic rings.